The summed E-state index contributed by atoms with van der Waals surface area (Å²) in [5, 5.41) is 6.32. The third kappa shape index (κ3) is 4.42. The van der Waals surface area contributed by atoms with E-state index in [0.29, 0.717) is 6.42 Å². The van der Waals surface area contributed by atoms with E-state index in [0.717, 1.165) is 31.6 Å². The summed E-state index contributed by atoms with van der Waals surface area (Å²) in [4.78, 5) is 27.4. The minimum absolute atomic E-state index is 0.336. The van der Waals surface area contributed by atoms with E-state index in [9.17, 15) is 9.59 Å². The number of carbonyl (C=O) groups is 2. The summed E-state index contributed by atoms with van der Waals surface area (Å²) >= 11 is 0. The number of primary amides is 1. The minimum atomic E-state index is -0.952. The Balaban J connectivity index is 2.08. The number of pyridine rings is 1. The van der Waals surface area contributed by atoms with Crippen molar-refractivity contribution in [1.82, 2.24) is 15.6 Å². The number of rotatable bonds is 5. The first-order valence-corrected chi connectivity index (χ1v) is 7.39. The number of nitrogens with zero attached hydrogens (tertiary/aromatic N) is 1. The zero-order chi connectivity index (χ0) is 16.0. The van der Waals surface area contributed by atoms with Gasteiger partial charge in [0.1, 0.15) is 0 Å². The second-order valence-corrected chi connectivity index (χ2v) is 5.60. The molecule has 4 N–H and O–H groups in total. The molecular weight excluding hydrogens is 284 g/mol. The average Bonchev–Trinajstić information content (AvgIpc) is 2.48. The highest BCUT2D eigenvalue weighted by molar-refractivity contribution is 5.83. The van der Waals surface area contributed by atoms with Gasteiger partial charge >= 0.3 is 6.09 Å². The van der Waals surface area contributed by atoms with Crippen molar-refractivity contribution in [3.63, 3.8) is 0 Å². The topological polar surface area (TPSA) is 106 Å². The SMILES string of the molecule is C[C@@H](OC(N)=O)C(=O)NC1(Cc2ccccn2)CCNCC1. The summed E-state index contributed by atoms with van der Waals surface area (Å²) in [6, 6.07) is 5.73. The Bertz CT molecular complexity index is 515. The van der Waals surface area contributed by atoms with E-state index in [1.807, 2.05) is 18.2 Å². The van der Waals surface area contributed by atoms with Crippen molar-refractivity contribution in [2.45, 2.75) is 37.8 Å². The van der Waals surface area contributed by atoms with Gasteiger partial charge in [-0.2, -0.15) is 0 Å². The van der Waals surface area contributed by atoms with E-state index < -0.39 is 12.2 Å². The highest BCUT2D eigenvalue weighted by Crippen LogP contribution is 2.23. The van der Waals surface area contributed by atoms with Gasteiger partial charge in [-0.15, -0.1) is 0 Å². The van der Waals surface area contributed by atoms with Crippen molar-refractivity contribution in [3.05, 3.63) is 30.1 Å². The molecule has 2 amide bonds. The zero-order valence-electron chi connectivity index (χ0n) is 12.7. The molecule has 1 saturated heterocycles. The second kappa shape index (κ2) is 7.22. The van der Waals surface area contributed by atoms with Crippen LogP contribution in [0, 0.1) is 0 Å². The molecule has 1 aliphatic heterocycles. The second-order valence-electron chi connectivity index (χ2n) is 5.60. The zero-order valence-corrected chi connectivity index (χ0v) is 12.7. The van der Waals surface area contributed by atoms with Gasteiger partial charge in [-0.05, 0) is 45.0 Å². The normalized spacial score (nSPS) is 18.2. The average molecular weight is 306 g/mol. The first-order valence-electron chi connectivity index (χ1n) is 7.39. The predicted molar refractivity (Wildman–Crippen MR) is 81.0 cm³/mol. The minimum Gasteiger partial charge on any atom is -0.437 e. The Labute approximate surface area is 129 Å². The van der Waals surface area contributed by atoms with Gasteiger partial charge in [-0.1, -0.05) is 6.07 Å². The number of nitrogens with one attached hydrogen (secondary N) is 2. The van der Waals surface area contributed by atoms with Gasteiger partial charge in [0.05, 0.1) is 0 Å². The number of hydrogen-bond acceptors (Lipinski definition) is 5. The van der Waals surface area contributed by atoms with Gasteiger partial charge in [0, 0.05) is 23.9 Å². The molecule has 1 atom stereocenters. The summed E-state index contributed by atoms with van der Waals surface area (Å²) in [5.41, 5.74) is 5.50. The summed E-state index contributed by atoms with van der Waals surface area (Å²) < 4.78 is 4.74. The summed E-state index contributed by atoms with van der Waals surface area (Å²) in [5.74, 6) is -0.336. The van der Waals surface area contributed by atoms with Gasteiger partial charge < -0.3 is 21.1 Å². The van der Waals surface area contributed by atoms with Crippen LogP contribution in [0.1, 0.15) is 25.5 Å². The van der Waals surface area contributed by atoms with Crippen LogP contribution in [0.5, 0.6) is 0 Å². The smallest absolute Gasteiger partial charge is 0.405 e. The molecule has 1 aromatic rings. The number of amides is 2. The molecule has 2 heterocycles. The highest BCUT2D eigenvalue weighted by Gasteiger charge is 2.35. The summed E-state index contributed by atoms with van der Waals surface area (Å²) in [6.07, 6.45) is 2.10. The van der Waals surface area contributed by atoms with Crippen LogP contribution in [0.2, 0.25) is 0 Å². The maximum absolute atomic E-state index is 12.3. The van der Waals surface area contributed by atoms with Crippen LogP contribution in [0.25, 0.3) is 0 Å². The lowest BCUT2D eigenvalue weighted by Crippen LogP contribution is -2.58. The molecule has 120 valence electrons. The maximum Gasteiger partial charge on any atom is 0.405 e. The lowest BCUT2D eigenvalue weighted by molar-refractivity contribution is -0.131. The fourth-order valence-corrected chi connectivity index (χ4v) is 2.69. The molecule has 0 bridgehead atoms. The lowest BCUT2D eigenvalue weighted by atomic mass is 9.83. The van der Waals surface area contributed by atoms with Gasteiger partial charge in [0.2, 0.25) is 0 Å². The number of nitrogens with two attached hydrogens (primary N) is 1. The van der Waals surface area contributed by atoms with E-state index in [2.05, 4.69) is 15.6 Å². The summed E-state index contributed by atoms with van der Waals surface area (Å²) in [7, 11) is 0. The van der Waals surface area contributed by atoms with Crippen LogP contribution in [-0.4, -0.2) is 41.7 Å². The van der Waals surface area contributed by atoms with Crippen molar-refractivity contribution in [1.29, 1.82) is 0 Å². The van der Waals surface area contributed by atoms with Crippen LogP contribution in [0.3, 0.4) is 0 Å². The van der Waals surface area contributed by atoms with Gasteiger partial charge in [-0.3, -0.25) is 9.78 Å². The number of piperidine rings is 1. The first kappa shape index (κ1) is 16.2. The van der Waals surface area contributed by atoms with Crippen LogP contribution >= 0.6 is 0 Å². The van der Waals surface area contributed by atoms with E-state index in [-0.39, 0.29) is 11.4 Å². The molecule has 1 aliphatic rings. The number of aromatic nitrogens is 1. The van der Waals surface area contributed by atoms with Crippen LogP contribution in [0.4, 0.5) is 4.79 Å². The van der Waals surface area contributed by atoms with E-state index in [1.54, 1.807) is 6.20 Å². The molecule has 0 aliphatic carbocycles. The molecule has 2 rings (SSSR count). The van der Waals surface area contributed by atoms with Gasteiger partial charge in [0.25, 0.3) is 5.91 Å². The third-order valence-electron chi connectivity index (χ3n) is 3.86. The number of hydrogen-bond donors (Lipinski definition) is 3. The molecule has 22 heavy (non-hydrogen) atoms. The Morgan fingerprint density at radius 1 is 1.45 bits per heavy atom. The Morgan fingerprint density at radius 2 is 2.18 bits per heavy atom. The van der Waals surface area contributed by atoms with E-state index in [1.165, 1.54) is 6.92 Å². The van der Waals surface area contributed by atoms with Crippen LogP contribution in [0.15, 0.2) is 24.4 Å². The molecule has 1 fully saturated rings. The van der Waals surface area contributed by atoms with Gasteiger partial charge in [-0.25, -0.2) is 4.79 Å². The monoisotopic (exact) mass is 306 g/mol. The molecular formula is C15H22N4O3. The van der Waals surface area contributed by atoms with Crippen molar-refractivity contribution in [3.8, 4) is 0 Å². The molecule has 0 aromatic carbocycles. The fourth-order valence-electron chi connectivity index (χ4n) is 2.69. The summed E-state index contributed by atoms with van der Waals surface area (Å²) in [6.45, 7) is 3.14. The van der Waals surface area contributed by atoms with Crippen molar-refractivity contribution in [2.24, 2.45) is 5.73 Å². The quantitative estimate of drug-likeness (QED) is 0.727. The van der Waals surface area contributed by atoms with E-state index in [4.69, 9.17) is 10.5 Å². The highest BCUT2D eigenvalue weighted by atomic mass is 16.6. The third-order valence-corrected chi connectivity index (χ3v) is 3.86. The standard InChI is InChI=1S/C15H22N4O3/c1-11(22-14(16)21)13(20)19-15(5-8-17-9-6-15)10-12-4-2-3-7-18-12/h2-4,7,11,17H,5-6,8-10H2,1H3,(H2,16,21)(H,19,20)/t11-/m1/s1. The van der Waals surface area contributed by atoms with Crippen molar-refractivity contribution >= 4 is 12.0 Å². The largest absolute Gasteiger partial charge is 0.437 e. The Morgan fingerprint density at radius 3 is 2.77 bits per heavy atom. The molecule has 0 radical (unpaired) electrons. The molecule has 0 unspecified atom stereocenters. The number of carbonyl (C=O) groups excluding carboxylic acids is 2. The maximum atomic E-state index is 12.3. The fraction of sp³-hybridized carbons (Fsp3) is 0.533. The molecule has 1 aromatic heterocycles. The number of ether oxygens (including phenoxy) is 1. The van der Waals surface area contributed by atoms with Crippen LogP contribution in [-0.2, 0) is 16.0 Å². The lowest BCUT2D eigenvalue weighted by Gasteiger charge is -2.39. The first-order chi connectivity index (χ1) is 10.5. The van der Waals surface area contributed by atoms with E-state index >= 15 is 0 Å². The predicted octanol–water partition coefficient (Wildman–Crippen LogP) is 0.346. The van der Waals surface area contributed by atoms with Crippen molar-refractivity contribution < 1.29 is 14.3 Å². The molecule has 7 nitrogen and oxygen atoms in total. The molecule has 7 heteroatoms. The molecule has 0 saturated carbocycles. The van der Waals surface area contributed by atoms with Crippen LogP contribution < -0.4 is 16.4 Å². The Kier molecular flexibility index (Phi) is 5.32. The Hall–Kier alpha value is -2.15. The molecule has 0 spiro atoms. The van der Waals surface area contributed by atoms with Gasteiger partial charge in [0.15, 0.2) is 6.10 Å². The van der Waals surface area contributed by atoms with Crippen molar-refractivity contribution in [2.75, 3.05) is 13.1 Å².